The first-order valence-corrected chi connectivity index (χ1v) is 27.1. The fraction of sp³-hybridized carbons (Fsp3) is 0.830. The highest BCUT2D eigenvalue weighted by Crippen LogP contribution is 2.39. The molecule has 27 nitrogen and oxygen atoms in total. The number of hydrogen-bond acceptors (Lipinski definition) is 20. The Labute approximate surface area is 470 Å². The molecule has 1 saturated heterocycles. The number of nitrogens with zero attached hydrogens (tertiary/aromatic N) is 1. The van der Waals surface area contributed by atoms with Crippen LogP contribution in [0.5, 0.6) is 0 Å². The lowest BCUT2D eigenvalue weighted by Gasteiger charge is -2.52. The van der Waals surface area contributed by atoms with Gasteiger partial charge in [-0.3, -0.25) is 9.59 Å². The van der Waals surface area contributed by atoms with E-state index in [0.717, 1.165) is 4.90 Å². The van der Waals surface area contributed by atoms with Crippen LogP contribution in [0.3, 0.4) is 0 Å². The van der Waals surface area contributed by atoms with Crippen molar-refractivity contribution in [3.63, 3.8) is 0 Å². The summed E-state index contributed by atoms with van der Waals surface area (Å²) >= 11 is 0. The zero-order valence-electron chi connectivity index (χ0n) is 49.8. The van der Waals surface area contributed by atoms with Crippen molar-refractivity contribution in [3.05, 3.63) is 11.8 Å². The number of rotatable bonds is 18. The van der Waals surface area contributed by atoms with Gasteiger partial charge >= 0.3 is 30.5 Å². The van der Waals surface area contributed by atoms with Crippen molar-refractivity contribution in [3.8, 4) is 0 Å². The molecule has 0 aromatic rings. The summed E-state index contributed by atoms with van der Waals surface area (Å²) in [6.07, 6.45) is -13.5. The summed E-state index contributed by atoms with van der Waals surface area (Å²) in [6, 6.07) is -6.48. The number of amides is 7. The standard InChI is InChI=1S/C53H94N8O19/c1-48(2,3)76-43(67)55-23-18-19-30(59-45(69)78-50(7,8)9)40(65)57-29-21-20-28(26-54)74-37(29)34-31(60-46(70)79-51(10,11)12)25-32(58-41(66)33(62)22-24-56-44(68)77-49(4,5)6)38(35(34)63)75-42-36(64)39(53(16,72)27-73-42)61(17)47(71)80-52(13,14)15/h20,29-39,42,62-64,72H,18-19,21-27,54H2,1-17H3,(H,55,67)(H,56,68)(H,57,65)(H,58,66)(H,59,69)(H,60,70)/t29-,30?,31+,32-,33+,34-,35+,36-,37?,38+,39-,42-,53+/m1/s1. The highest BCUT2D eigenvalue weighted by Gasteiger charge is 2.57. The SMILES string of the molecule is CN(C(=O)OC(C)(C)C)[C@@H]1[C@@H](O)[C@@H](O[C@@H]2[C@@H](O)[C@H](C3OC(CN)=CC[C@H]3NC(=O)C(CCCNC(=O)OC(C)(C)C)NC(=O)OC(C)(C)C)[C@@H](NC(=O)OC(C)(C)C)C[C@H]2NC(=O)[C@@H](O)CCNC(=O)OC(C)(C)C)OC[C@]1(C)O. The predicted octanol–water partition coefficient (Wildman–Crippen LogP) is 2.42. The Morgan fingerprint density at radius 2 is 1.21 bits per heavy atom. The maximum Gasteiger partial charge on any atom is 0.410 e. The lowest BCUT2D eigenvalue weighted by molar-refractivity contribution is -0.305. The first kappa shape index (κ1) is 68.8. The van der Waals surface area contributed by atoms with Crippen LogP contribution < -0.4 is 37.6 Å². The van der Waals surface area contributed by atoms with Crippen molar-refractivity contribution >= 4 is 42.3 Å². The largest absolute Gasteiger partial charge is 0.491 e. The van der Waals surface area contributed by atoms with Gasteiger partial charge in [-0.1, -0.05) is 0 Å². The molecule has 3 aliphatic rings. The third-order valence-corrected chi connectivity index (χ3v) is 12.2. The van der Waals surface area contributed by atoms with Crippen LogP contribution in [0.4, 0.5) is 24.0 Å². The third-order valence-electron chi connectivity index (χ3n) is 12.2. The number of aliphatic hydroxyl groups is 4. The van der Waals surface area contributed by atoms with E-state index in [9.17, 15) is 54.0 Å². The van der Waals surface area contributed by atoms with Crippen molar-refractivity contribution in [2.24, 2.45) is 11.7 Å². The number of aliphatic hydroxyl groups excluding tert-OH is 3. The third kappa shape index (κ3) is 22.8. The van der Waals surface area contributed by atoms with Gasteiger partial charge in [0.05, 0.1) is 37.4 Å². The fourth-order valence-electron chi connectivity index (χ4n) is 9.10. The fourth-order valence-corrected chi connectivity index (χ4v) is 9.10. The van der Waals surface area contributed by atoms with E-state index in [-0.39, 0.29) is 57.5 Å². The first-order chi connectivity index (χ1) is 36.5. The van der Waals surface area contributed by atoms with Gasteiger partial charge in [0.2, 0.25) is 11.8 Å². The zero-order chi connectivity index (χ0) is 61.1. The van der Waals surface area contributed by atoms with Gasteiger partial charge in [-0.25, -0.2) is 24.0 Å². The van der Waals surface area contributed by atoms with Gasteiger partial charge in [-0.05, 0) is 149 Å². The van der Waals surface area contributed by atoms with E-state index in [4.69, 9.17) is 43.6 Å². The van der Waals surface area contributed by atoms with Crippen LogP contribution in [0.15, 0.2) is 11.8 Å². The monoisotopic (exact) mass is 1150 g/mol. The van der Waals surface area contributed by atoms with E-state index >= 15 is 0 Å². The van der Waals surface area contributed by atoms with E-state index in [1.54, 1.807) is 110 Å². The number of nitrogens with one attached hydrogen (secondary N) is 6. The summed E-state index contributed by atoms with van der Waals surface area (Å²) in [5, 5.41) is 64.0. The number of carbonyl (C=O) groups is 7. The molecule has 3 rings (SSSR count). The molecule has 1 saturated carbocycles. The molecule has 0 spiro atoms. The molecule has 2 aliphatic heterocycles. The average molecular weight is 1150 g/mol. The van der Waals surface area contributed by atoms with Crippen LogP contribution in [-0.2, 0) is 47.5 Å². The minimum absolute atomic E-state index is 0.0120. The number of hydrogen-bond donors (Lipinski definition) is 11. The van der Waals surface area contributed by atoms with Crippen LogP contribution in [-0.4, -0.2) is 202 Å². The lowest BCUT2D eigenvalue weighted by Crippen LogP contribution is -2.71. The highest BCUT2D eigenvalue weighted by molar-refractivity contribution is 5.86. The molecule has 460 valence electrons. The van der Waals surface area contributed by atoms with Crippen LogP contribution in [0.1, 0.15) is 143 Å². The number of nitrogens with two attached hydrogens (primary N) is 1. The van der Waals surface area contributed by atoms with Crippen LogP contribution in [0, 0.1) is 5.92 Å². The molecule has 13 atom stereocenters. The summed E-state index contributed by atoms with van der Waals surface area (Å²) in [7, 11) is 1.30. The second-order valence-corrected chi connectivity index (χ2v) is 25.6. The van der Waals surface area contributed by atoms with E-state index in [1.807, 2.05) is 0 Å². The van der Waals surface area contributed by atoms with Gasteiger partial charge in [0.1, 0.15) is 69.8 Å². The Bertz CT molecular complexity index is 2150. The topological polar surface area (TPSA) is 376 Å². The van der Waals surface area contributed by atoms with E-state index in [0.29, 0.717) is 0 Å². The number of alkyl carbamates (subject to hydrolysis) is 4. The highest BCUT2D eigenvalue weighted by atomic mass is 16.7. The Balaban J connectivity index is 2.18. The maximum atomic E-state index is 14.6. The first-order valence-electron chi connectivity index (χ1n) is 27.1. The second-order valence-electron chi connectivity index (χ2n) is 25.6. The van der Waals surface area contributed by atoms with E-state index < -0.39 is 155 Å². The molecule has 0 bridgehead atoms. The van der Waals surface area contributed by atoms with Crippen molar-refractivity contribution in [1.29, 1.82) is 0 Å². The van der Waals surface area contributed by atoms with Crippen LogP contribution >= 0.6 is 0 Å². The Kier molecular flexibility index (Phi) is 24.1. The molecule has 2 unspecified atom stereocenters. The molecule has 0 aromatic heterocycles. The quantitative estimate of drug-likeness (QED) is 0.0693. The van der Waals surface area contributed by atoms with Gasteiger partial charge in [0.25, 0.3) is 0 Å². The van der Waals surface area contributed by atoms with Gasteiger partial charge in [0.15, 0.2) is 6.29 Å². The smallest absolute Gasteiger partial charge is 0.410 e. The minimum Gasteiger partial charge on any atom is -0.491 e. The summed E-state index contributed by atoms with van der Waals surface area (Å²) in [4.78, 5) is 94.9. The number of likely N-dealkylation sites (N-methyl/N-ethyl adjacent to an activating group) is 1. The second kappa shape index (κ2) is 28.0. The van der Waals surface area contributed by atoms with Gasteiger partial charge in [-0.15, -0.1) is 0 Å². The summed E-state index contributed by atoms with van der Waals surface area (Å²) in [5.41, 5.74) is -0.377. The maximum absolute atomic E-state index is 14.6. The Morgan fingerprint density at radius 3 is 1.75 bits per heavy atom. The normalized spacial score (nSPS) is 27.2. The summed E-state index contributed by atoms with van der Waals surface area (Å²) in [5.74, 6) is -2.89. The minimum atomic E-state index is -1.91. The van der Waals surface area contributed by atoms with Crippen LogP contribution in [0.25, 0.3) is 0 Å². The van der Waals surface area contributed by atoms with Gasteiger partial charge in [-0.2, -0.15) is 0 Å². The Hall–Kier alpha value is -5.45. The van der Waals surface area contributed by atoms with E-state index in [2.05, 4.69) is 31.9 Å². The predicted molar refractivity (Wildman–Crippen MR) is 288 cm³/mol. The molecule has 12 N–H and O–H groups in total. The molecule has 1 aliphatic carbocycles. The number of ether oxygens (including phenoxy) is 8. The van der Waals surface area contributed by atoms with Gasteiger partial charge < -0.3 is 101 Å². The molecule has 0 aromatic carbocycles. The molecular formula is C53H94N8O19. The summed E-state index contributed by atoms with van der Waals surface area (Å²) in [6.45, 7) is 25.2. The molecule has 0 radical (unpaired) electrons. The number of carbonyl (C=O) groups excluding carboxylic acids is 7. The van der Waals surface area contributed by atoms with Crippen molar-refractivity contribution < 1.29 is 91.9 Å². The molecule has 2 heterocycles. The van der Waals surface area contributed by atoms with Crippen molar-refractivity contribution in [2.75, 3.05) is 33.3 Å². The van der Waals surface area contributed by atoms with Crippen molar-refractivity contribution in [2.45, 2.75) is 244 Å². The molecular weight excluding hydrogens is 1050 g/mol. The van der Waals surface area contributed by atoms with Gasteiger partial charge in [0, 0.05) is 32.1 Å². The summed E-state index contributed by atoms with van der Waals surface area (Å²) < 4.78 is 46.2. The molecule has 2 fully saturated rings. The molecule has 7 amide bonds. The lowest BCUT2D eigenvalue weighted by atomic mass is 9.72. The molecule has 80 heavy (non-hydrogen) atoms. The zero-order valence-corrected chi connectivity index (χ0v) is 49.8. The van der Waals surface area contributed by atoms with E-state index in [1.165, 1.54) is 14.0 Å². The average Bonchev–Trinajstić information content (AvgIpc) is 3.26. The van der Waals surface area contributed by atoms with Crippen LogP contribution in [0.2, 0.25) is 0 Å². The Morgan fingerprint density at radius 1 is 0.700 bits per heavy atom. The molecule has 27 heteroatoms. The van der Waals surface area contributed by atoms with Crippen molar-refractivity contribution in [1.82, 2.24) is 36.8 Å².